The molecule has 5 aromatic carbocycles. The van der Waals surface area contributed by atoms with Gasteiger partial charge in [0.2, 0.25) is 0 Å². The van der Waals surface area contributed by atoms with Gasteiger partial charge in [-0.3, -0.25) is 0 Å². The van der Waals surface area contributed by atoms with Gasteiger partial charge in [0.05, 0.1) is 11.7 Å². The largest absolute Gasteiger partial charge is 0.173 e. The molecule has 1 aliphatic carbocycles. The normalized spacial score (nSPS) is 12.6. The SMILES string of the molecule is CCCCCCCCCCCCC1(CCCCCCCCCCCC)c2cc(C)ccc2-c2ccc(-c3ccc(C)cc3)cc21.Cc1ccc(-c2ccc(C)c3nsnc23)cc1. The van der Waals surface area contributed by atoms with Crippen molar-refractivity contribution in [1.82, 2.24) is 8.75 Å². The van der Waals surface area contributed by atoms with Crippen molar-refractivity contribution < 1.29 is 0 Å². The first-order valence-corrected chi connectivity index (χ1v) is 25.7. The minimum atomic E-state index is 0.150. The number of aromatic nitrogens is 2. The van der Waals surface area contributed by atoms with Gasteiger partial charge in [0.15, 0.2) is 0 Å². The molecule has 0 saturated heterocycles. The van der Waals surface area contributed by atoms with Crippen LogP contribution in [-0.2, 0) is 5.41 Å². The Morgan fingerprint density at radius 3 is 1.31 bits per heavy atom. The first kappa shape index (κ1) is 47.4. The zero-order valence-corrected chi connectivity index (χ0v) is 40.4. The van der Waals surface area contributed by atoms with Gasteiger partial charge in [0.1, 0.15) is 11.0 Å². The summed E-state index contributed by atoms with van der Waals surface area (Å²) >= 11 is 1.28. The van der Waals surface area contributed by atoms with Crippen LogP contribution in [0.4, 0.5) is 0 Å². The minimum Gasteiger partial charge on any atom is -0.173 e. The van der Waals surface area contributed by atoms with Crippen molar-refractivity contribution in [3.8, 4) is 33.4 Å². The molecule has 62 heavy (non-hydrogen) atoms. The Kier molecular flexibility index (Phi) is 18.9. The zero-order chi connectivity index (χ0) is 43.6. The molecule has 0 radical (unpaired) electrons. The summed E-state index contributed by atoms with van der Waals surface area (Å²) < 4.78 is 8.76. The molecule has 2 nitrogen and oxygen atoms in total. The van der Waals surface area contributed by atoms with Crippen molar-refractivity contribution in [2.75, 3.05) is 0 Å². The van der Waals surface area contributed by atoms with Crippen LogP contribution in [0.1, 0.15) is 188 Å². The number of rotatable bonds is 24. The summed E-state index contributed by atoms with van der Waals surface area (Å²) in [5, 5.41) is 0. The zero-order valence-electron chi connectivity index (χ0n) is 39.6. The molecule has 0 aliphatic heterocycles. The van der Waals surface area contributed by atoms with Crippen LogP contribution in [0, 0.1) is 27.7 Å². The Morgan fingerprint density at radius 1 is 0.371 bits per heavy atom. The summed E-state index contributed by atoms with van der Waals surface area (Å²) in [5.41, 5.74) is 18.7. The van der Waals surface area contributed by atoms with Crippen molar-refractivity contribution in [2.45, 2.75) is 188 Å². The molecule has 0 spiro atoms. The van der Waals surface area contributed by atoms with E-state index in [0.717, 1.165) is 11.0 Å². The van der Waals surface area contributed by atoms with Crippen LogP contribution in [0.5, 0.6) is 0 Å². The lowest BCUT2D eigenvalue weighted by atomic mass is 9.70. The molecule has 6 aromatic rings. The van der Waals surface area contributed by atoms with Gasteiger partial charge in [-0.1, -0.05) is 250 Å². The van der Waals surface area contributed by atoms with Crippen molar-refractivity contribution in [3.05, 3.63) is 130 Å². The summed E-state index contributed by atoms with van der Waals surface area (Å²) in [6.45, 7) is 13.3. The van der Waals surface area contributed by atoms with Crippen molar-refractivity contribution in [1.29, 1.82) is 0 Å². The lowest BCUT2D eigenvalue weighted by Gasteiger charge is -2.33. The summed E-state index contributed by atoms with van der Waals surface area (Å²) in [5.74, 6) is 0. The maximum Gasteiger partial charge on any atom is 0.112 e. The van der Waals surface area contributed by atoms with Crippen LogP contribution in [0.25, 0.3) is 44.4 Å². The van der Waals surface area contributed by atoms with Gasteiger partial charge < -0.3 is 0 Å². The average Bonchev–Trinajstić information content (AvgIpc) is 3.88. The molecule has 3 heteroatoms. The van der Waals surface area contributed by atoms with Crippen LogP contribution in [-0.4, -0.2) is 8.75 Å². The second-order valence-electron chi connectivity index (χ2n) is 18.9. The van der Waals surface area contributed by atoms with Gasteiger partial charge in [-0.15, -0.1) is 0 Å². The molecule has 0 N–H and O–H groups in total. The van der Waals surface area contributed by atoms with Crippen molar-refractivity contribution >= 4 is 22.8 Å². The smallest absolute Gasteiger partial charge is 0.112 e. The maximum absolute atomic E-state index is 4.41. The van der Waals surface area contributed by atoms with E-state index < -0.39 is 0 Å². The van der Waals surface area contributed by atoms with Gasteiger partial charge in [0, 0.05) is 11.0 Å². The molecule has 1 heterocycles. The Balaban J connectivity index is 0.000000311. The number of nitrogens with zero attached hydrogens (tertiary/aromatic N) is 2. The molecular weight excluding hydrogens is 769 g/mol. The van der Waals surface area contributed by atoms with Crippen LogP contribution >= 0.6 is 11.7 Å². The Hall–Kier alpha value is -4.08. The van der Waals surface area contributed by atoms with E-state index in [-0.39, 0.29) is 5.41 Å². The highest BCUT2D eigenvalue weighted by atomic mass is 32.1. The summed E-state index contributed by atoms with van der Waals surface area (Å²) in [4.78, 5) is 0. The van der Waals surface area contributed by atoms with Gasteiger partial charge in [-0.05, 0) is 91.1 Å². The lowest BCUT2D eigenvalue weighted by Crippen LogP contribution is -2.25. The van der Waals surface area contributed by atoms with E-state index in [1.54, 1.807) is 11.1 Å². The Morgan fingerprint density at radius 2 is 0.774 bits per heavy atom. The minimum absolute atomic E-state index is 0.150. The second kappa shape index (κ2) is 24.7. The molecule has 1 aromatic heterocycles. The predicted molar refractivity (Wildman–Crippen MR) is 273 cm³/mol. The highest BCUT2D eigenvalue weighted by Gasteiger charge is 2.42. The van der Waals surface area contributed by atoms with Gasteiger partial charge in [-0.25, -0.2) is 0 Å². The molecule has 1 aliphatic rings. The summed E-state index contributed by atoms with van der Waals surface area (Å²) in [6, 6.07) is 36.7. The van der Waals surface area contributed by atoms with E-state index in [1.807, 2.05) is 0 Å². The number of unbranched alkanes of at least 4 members (excludes halogenated alkanes) is 18. The van der Waals surface area contributed by atoms with Crippen LogP contribution in [0.3, 0.4) is 0 Å². The fourth-order valence-electron chi connectivity index (χ4n) is 9.98. The van der Waals surface area contributed by atoms with Crippen LogP contribution in [0.15, 0.2) is 97.1 Å². The number of hydrogen-bond acceptors (Lipinski definition) is 3. The highest BCUT2D eigenvalue weighted by Crippen LogP contribution is 2.55. The van der Waals surface area contributed by atoms with E-state index in [0.29, 0.717) is 0 Å². The molecule has 0 atom stereocenters. The molecule has 0 unspecified atom stereocenters. The van der Waals surface area contributed by atoms with E-state index in [2.05, 4.69) is 147 Å². The van der Waals surface area contributed by atoms with Gasteiger partial charge in [0.25, 0.3) is 0 Å². The lowest BCUT2D eigenvalue weighted by molar-refractivity contribution is 0.397. The fraction of sp³-hybridized carbons (Fsp3) is 0.492. The van der Waals surface area contributed by atoms with E-state index in [9.17, 15) is 0 Å². The Bertz CT molecular complexity index is 2200. The highest BCUT2D eigenvalue weighted by molar-refractivity contribution is 7.00. The number of benzene rings is 5. The Labute approximate surface area is 381 Å². The molecule has 0 bridgehead atoms. The fourth-order valence-corrected chi connectivity index (χ4v) is 10.6. The third kappa shape index (κ3) is 12.8. The van der Waals surface area contributed by atoms with Gasteiger partial charge in [-0.2, -0.15) is 8.75 Å². The third-order valence-electron chi connectivity index (χ3n) is 13.8. The van der Waals surface area contributed by atoms with E-state index in [4.69, 9.17) is 0 Å². The number of hydrogen-bond donors (Lipinski definition) is 0. The average molecular weight is 847 g/mol. The second-order valence-corrected chi connectivity index (χ2v) is 19.4. The van der Waals surface area contributed by atoms with E-state index in [1.165, 1.54) is 209 Å². The topological polar surface area (TPSA) is 25.8 Å². The summed E-state index contributed by atoms with van der Waals surface area (Å²) in [7, 11) is 0. The molecule has 7 rings (SSSR count). The number of fused-ring (bicyclic) bond motifs is 4. The standard InChI is InChI=1S/C45H66.C14H12N2S/c1-5-7-9-11-13-15-17-19-21-23-33-45(34-24-22-20-18-16-14-12-10-8-6-2)43-35-38(4)27-31-41(43)42-32-30-40(36-44(42)45)39-28-25-37(3)26-29-39;1-9-3-6-11(7-4-9)12-8-5-10(2)13-14(12)16-17-15-13/h25-32,35-36H,5-24,33-34H2,1-4H3;3-8H,1-2H3. The molecule has 330 valence electrons. The summed E-state index contributed by atoms with van der Waals surface area (Å²) in [6.07, 6.45) is 30.6. The maximum atomic E-state index is 4.41. The predicted octanol–water partition coefficient (Wildman–Crippen LogP) is 18.8. The quantitative estimate of drug-likeness (QED) is 0.0567. The third-order valence-corrected chi connectivity index (χ3v) is 14.3. The molecule has 0 amide bonds. The van der Waals surface area contributed by atoms with Crippen LogP contribution in [0.2, 0.25) is 0 Å². The number of aryl methyl sites for hydroxylation is 4. The molecule has 0 saturated carbocycles. The first-order chi connectivity index (χ1) is 30.3. The van der Waals surface area contributed by atoms with Crippen molar-refractivity contribution in [2.24, 2.45) is 0 Å². The van der Waals surface area contributed by atoms with Gasteiger partial charge >= 0.3 is 0 Å². The monoisotopic (exact) mass is 847 g/mol. The molecular formula is C59H78N2S. The van der Waals surface area contributed by atoms with Crippen molar-refractivity contribution in [3.63, 3.8) is 0 Å². The first-order valence-electron chi connectivity index (χ1n) is 25.0. The van der Waals surface area contributed by atoms with E-state index >= 15 is 0 Å². The molecule has 0 fully saturated rings. The van der Waals surface area contributed by atoms with Crippen LogP contribution < -0.4 is 0 Å².